The molecule has 1 aliphatic heterocycles. The monoisotopic (exact) mass is 366 g/mol. The lowest BCUT2D eigenvalue weighted by atomic mass is 10.2. The van der Waals surface area contributed by atoms with Crippen molar-refractivity contribution in [1.82, 2.24) is 5.32 Å². The molecule has 0 saturated carbocycles. The molecule has 0 aromatic heterocycles. The van der Waals surface area contributed by atoms with Crippen LogP contribution >= 0.6 is 0 Å². The van der Waals surface area contributed by atoms with Gasteiger partial charge in [0, 0.05) is 25.2 Å². The zero-order valence-electron chi connectivity index (χ0n) is 15.2. The van der Waals surface area contributed by atoms with E-state index in [1.54, 1.807) is 29.2 Å². The molecule has 1 N–H and O–H groups in total. The number of carbonyl (C=O) groups excluding carboxylic acids is 3. The van der Waals surface area contributed by atoms with Crippen LogP contribution in [0.3, 0.4) is 0 Å². The van der Waals surface area contributed by atoms with Crippen molar-refractivity contribution in [1.29, 1.82) is 0 Å². The summed E-state index contributed by atoms with van der Waals surface area (Å²) in [6.07, 6.45) is 0.499. The minimum absolute atomic E-state index is 0.0917. The number of ether oxygens (including phenoxy) is 1. The van der Waals surface area contributed by atoms with Gasteiger partial charge in [-0.2, -0.15) is 0 Å². The Morgan fingerprint density at radius 1 is 1.11 bits per heavy atom. The van der Waals surface area contributed by atoms with Gasteiger partial charge < -0.3 is 15.0 Å². The summed E-state index contributed by atoms with van der Waals surface area (Å²) in [5, 5.41) is 2.75. The number of esters is 1. The van der Waals surface area contributed by atoms with Gasteiger partial charge in [-0.15, -0.1) is 0 Å². The molecular formula is C21H22N2O4. The first-order chi connectivity index (χ1) is 13.0. The zero-order valence-corrected chi connectivity index (χ0v) is 15.2. The first-order valence-electron chi connectivity index (χ1n) is 8.97. The number of hydrogen-bond donors (Lipinski definition) is 1. The van der Waals surface area contributed by atoms with E-state index >= 15 is 0 Å². The number of nitrogens with zero attached hydrogens (tertiary/aromatic N) is 1. The Bertz CT molecular complexity index is 818. The van der Waals surface area contributed by atoms with Crippen molar-refractivity contribution in [3.63, 3.8) is 0 Å². The van der Waals surface area contributed by atoms with Crippen molar-refractivity contribution < 1.29 is 19.1 Å². The molecule has 1 fully saturated rings. The standard InChI is InChI=1S/C21H22N2O4/c1-15(20(25)22-14-16-6-3-2-4-7-16)27-21(26)17-9-11-18(12-10-17)23-13-5-8-19(23)24/h2-4,6-7,9-12,15H,5,8,13-14H2,1H3,(H,22,25)/t15-/m0/s1. The summed E-state index contributed by atoms with van der Waals surface area (Å²) < 4.78 is 5.24. The lowest BCUT2D eigenvalue weighted by molar-refractivity contribution is -0.129. The van der Waals surface area contributed by atoms with Crippen molar-refractivity contribution in [3.8, 4) is 0 Å². The largest absolute Gasteiger partial charge is 0.449 e. The maximum Gasteiger partial charge on any atom is 0.338 e. The molecule has 3 rings (SSSR count). The summed E-state index contributed by atoms with van der Waals surface area (Å²) in [6, 6.07) is 16.2. The fourth-order valence-corrected chi connectivity index (χ4v) is 2.91. The van der Waals surface area contributed by atoms with Gasteiger partial charge in [-0.1, -0.05) is 30.3 Å². The Morgan fingerprint density at radius 2 is 1.81 bits per heavy atom. The highest BCUT2D eigenvalue weighted by molar-refractivity contribution is 5.96. The smallest absolute Gasteiger partial charge is 0.338 e. The molecule has 6 heteroatoms. The number of benzene rings is 2. The van der Waals surface area contributed by atoms with Crippen LogP contribution in [0.2, 0.25) is 0 Å². The van der Waals surface area contributed by atoms with Crippen LogP contribution in [0.15, 0.2) is 54.6 Å². The molecule has 27 heavy (non-hydrogen) atoms. The van der Waals surface area contributed by atoms with Crippen molar-refractivity contribution in [2.24, 2.45) is 0 Å². The van der Waals surface area contributed by atoms with Crippen LogP contribution in [-0.2, 0) is 20.9 Å². The van der Waals surface area contributed by atoms with Crippen LogP contribution in [0.25, 0.3) is 0 Å². The Hall–Kier alpha value is -3.15. The second-order valence-corrected chi connectivity index (χ2v) is 6.45. The van der Waals surface area contributed by atoms with Gasteiger partial charge in [0.15, 0.2) is 6.10 Å². The summed E-state index contributed by atoms with van der Waals surface area (Å²) in [5.74, 6) is -0.836. The van der Waals surface area contributed by atoms with Gasteiger partial charge in [-0.05, 0) is 43.2 Å². The molecule has 0 spiro atoms. The van der Waals surface area contributed by atoms with Gasteiger partial charge in [-0.3, -0.25) is 9.59 Å². The first kappa shape index (κ1) is 18.6. The molecule has 1 heterocycles. The molecule has 0 aliphatic carbocycles. The van der Waals surface area contributed by atoms with E-state index in [1.165, 1.54) is 6.92 Å². The van der Waals surface area contributed by atoms with E-state index in [0.29, 0.717) is 25.1 Å². The second kappa shape index (κ2) is 8.49. The Balaban J connectivity index is 1.53. The van der Waals surface area contributed by atoms with Gasteiger partial charge in [0.1, 0.15) is 0 Å². The van der Waals surface area contributed by atoms with E-state index in [4.69, 9.17) is 4.74 Å². The Labute approximate surface area is 158 Å². The highest BCUT2D eigenvalue weighted by Crippen LogP contribution is 2.21. The molecule has 2 aromatic rings. The number of rotatable bonds is 6. The summed E-state index contributed by atoms with van der Waals surface area (Å²) in [6.45, 7) is 2.61. The van der Waals surface area contributed by atoms with Crippen LogP contribution in [0.4, 0.5) is 5.69 Å². The summed E-state index contributed by atoms with van der Waals surface area (Å²) in [5.41, 5.74) is 2.08. The van der Waals surface area contributed by atoms with Crippen LogP contribution in [0.5, 0.6) is 0 Å². The molecule has 1 saturated heterocycles. The highest BCUT2D eigenvalue weighted by atomic mass is 16.5. The van der Waals surface area contributed by atoms with Gasteiger partial charge in [0.2, 0.25) is 5.91 Å². The predicted octanol–water partition coefficient (Wildman–Crippen LogP) is 2.68. The minimum Gasteiger partial charge on any atom is -0.449 e. The molecule has 1 aliphatic rings. The predicted molar refractivity (Wildman–Crippen MR) is 101 cm³/mol. The number of carbonyl (C=O) groups is 3. The zero-order chi connectivity index (χ0) is 19.2. The van der Waals surface area contributed by atoms with Crippen LogP contribution in [0.1, 0.15) is 35.7 Å². The molecular weight excluding hydrogens is 344 g/mol. The van der Waals surface area contributed by atoms with E-state index in [-0.39, 0.29) is 11.8 Å². The highest BCUT2D eigenvalue weighted by Gasteiger charge is 2.22. The van der Waals surface area contributed by atoms with E-state index in [0.717, 1.165) is 17.7 Å². The number of nitrogens with one attached hydrogen (secondary N) is 1. The van der Waals surface area contributed by atoms with E-state index in [9.17, 15) is 14.4 Å². The molecule has 2 aromatic carbocycles. The molecule has 0 unspecified atom stereocenters. The molecule has 2 amide bonds. The van der Waals surface area contributed by atoms with E-state index < -0.39 is 12.1 Å². The van der Waals surface area contributed by atoms with E-state index in [2.05, 4.69) is 5.32 Å². The third-order valence-electron chi connectivity index (χ3n) is 4.45. The molecule has 6 nitrogen and oxygen atoms in total. The Kier molecular flexibility index (Phi) is 5.86. The van der Waals surface area contributed by atoms with E-state index in [1.807, 2.05) is 30.3 Å². The summed E-state index contributed by atoms with van der Waals surface area (Å²) in [7, 11) is 0. The SMILES string of the molecule is C[C@H](OC(=O)c1ccc(N2CCCC2=O)cc1)C(=O)NCc1ccccc1. The maximum absolute atomic E-state index is 12.2. The van der Waals surface area contributed by atoms with Crippen molar-refractivity contribution in [3.05, 3.63) is 65.7 Å². The van der Waals surface area contributed by atoms with Gasteiger partial charge in [0.25, 0.3) is 5.91 Å². The topological polar surface area (TPSA) is 75.7 Å². The lowest BCUT2D eigenvalue weighted by Gasteiger charge is -2.16. The van der Waals surface area contributed by atoms with Gasteiger partial charge >= 0.3 is 5.97 Å². The quantitative estimate of drug-likeness (QED) is 0.798. The third-order valence-corrected chi connectivity index (χ3v) is 4.45. The number of amides is 2. The molecule has 0 bridgehead atoms. The summed E-state index contributed by atoms with van der Waals surface area (Å²) in [4.78, 5) is 37.8. The molecule has 140 valence electrons. The summed E-state index contributed by atoms with van der Waals surface area (Å²) >= 11 is 0. The lowest BCUT2D eigenvalue weighted by Crippen LogP contribution is -2.35. The van der Waals surface area contributed by atoms with Crippen molar-refractivity contribution in [2.75, 3.05) is 11.4 Å². The normalized spacial score (nSPS) is 14.7. The van der Waals surface area contributed by atoms with Crippen LogP contribution in [0, 0.1) is 0 Å². The average Bonchev–Trinajstić information content (AvgIpc) is 3.12. The average molecular weight is 366 g/mol. The van der Waals surface area contributed by atoms with Gasteiger partial charge in [0.05, 0.1) is 5.56 Å². The van der Waals surface area contributed by atoms with Crippen molar-refractivity contribution >= 4 is 23.5 Å². The van der Waals surface area contributed by atoms with Crippen LogP contribution in [-0.4, -0.2) is 30.4 Å². The van der Waals surface area contributed by atoms with Gasteiger partial charge in [-0.25, -0.2) is 4.79 Å². The molecule has 1 atom stereocenters. The van der Waals surface area contributed by atoms with Crippen molar-refractivity contribution in [2.45, 2.75) is 32.4 Å². The van der Waals surface area contributed by atoms with Crippen LogP contribution < -0.4 is 10.2 Å². The fraction of sp³-hybridized carbons (Fsp3) is 0.286. The second-order valence-electron chi connectivity index (χ2n) is 6.45. The maximum atomic E-state index is 12.2. The Morgan fingerprint density at radius 3 is 2.44 bits per heavy atom. The minimum atomic E-state index is -0.902. The fourth-order valence-electron chi connectivity index (χ4n) is 2.91. The first-order valence-corrected chi connectivity index (χ1v) is 8.97. The molecule has 0 radical (unpaired) electrons. The number of anilines is 1. The third kappa shape index (κ3) is 4.73. The number of hydrogen-bond acceptors (Lipinski definition) is 4.